The van der Waals surface area contributed by atoms with Gasteiger partial charge >= 0.3 is 0 Å². The third-order valence-electron chi connectivity index (χ3n) is 4.24. The number of rotatable bonds is 11. The minimum atomic E-state index is -1.44. The number of amides is 1. The number of anilines is 1. The number of ketones is 1. The van der Waals surface area contributed by atoms with Gasteiger partial charge in [-0.05, 0) is 26.8 Å². The lowest BCUT2D eigenvalue weighted by molar-refractivity contribution is -0.126. The lowest BCUT2D eigenvalue weighted by atomic mass is 10.2. The standard InChI is InChI=1S/C22H25Cl2N3O6/c1-6-32-13-8-15(24)21(33-7-2)17(9-13)26-27-20(12(3)28)22(29)25-16-10-14(23)18(30-4)11-19(16)31-5/h8-11,20H,6-7H2,1-5H3,(H,25,29). The number of hydrogen-bond donors (Lipinski definition) is 1. The van der Waals surface area contributed by atoms with E-state index in [1.807, 2.05) is 6.92 Å². The van der Waals surface area contributed by atoms with Crippen LogP contribution >= 0.6 is 23.2 Å². The van der Waals surface area contributed by atoms with Crippen molar-refractivity contribution in [2.75, 3.05) is 32.8 Å². The molecule has 9 nitrogen and oxygen atoms in total. The van der Waals surface area contributed by atoms with Gasteiger partial charge in [-0.25, -0.2) is 0 Å². The van der Waals surface area contributed by atoms with Crippen LogP contribution in [-0.2, 0) is 9.59 Å². The summed E-state index contributed by atoms with van der Waals surface area (Å²) in [4.78, 5) is 25.1. The monoisotopic (exact) mass is 497 g/mol. The van der Waals surface area contributed by atoms with Gasteiger partial charge in [-0.1, -0.05) is 23.2 Å². The zero-order valence-electron chi connectivity index (χ0n) is 18.9. The number of carbonyl (C=O) groups is 2. The maximum atomic E-state index is 12.9. The van der Waals surface area contributed by atoms with Crippen LogP contribution in [0, 0.1) is 0 Å². The van der Waals surface area contributed by atoms with Crippen molar-refractivity contribution in [2.45, 2.75) is 26.8 Å². The largest absolute Gasteiger partial charge is 0.495 e. The molecule has 11 heteroatoms. The Hall–Kier alpha value is -3.04. The molecule has 0 saturated carbocycles. The average Bonchev–Trinajstić information content (AvgIpc) is 2.76. The highest BCUT2D eigenvalue weighted by molar-refractivity contribution is 6.33. The first-order chi connectivity index (χ1) is 15.7. The number of hydrogen-bond acceptors (Lipinski definition) is 8. The maximum Gasteiger partial charge on any atom is 0.258 e. The van der Waals surface area contributed by atoms with Crippen LogP contribution in [0.5, 0.6) is 23.0 Å². The van der Waals surface area contributed by atoms with E-state index >= 15 is 0 Å². The number of halogens is 2. The Labute approximate surface area is 202 Å². The van der Waals surface area contributed by atoms with E-state index in [-0.39, 0.29) is 27.2 Å². The van der Waals surface area contributed by atoms with E-state index in [1.165, 1.54) is 33.3 Å². The number of methoxy groups -OCH3 is 2. The van der Waals surface area contributed by atoms with Crippen LogP contribution in [0.1, 0.15) is 20.8 Å². The molecule has 1 atom stereocenters. The van der Waals surface area contributed by atoms with E-state index in [0.29, 0.717) is 30.5 Å². The average molecular weight is 498 g/mol. The molecule has 1 unspecified atom stereocenters. The number of nitrogens with zero attached hydrogens (tertiary/aromatic N) is 2. The molecule has 1 N–H and O–H groups in total. The molecule has 0 bridgehead atoms. The number of benzene rings is 2. The zero-order valence-corrected chi connectivity index (χ0v) is 20.4. The van der Waals surface area contributed by atoms with Gasteiger partial charge in [-0.3, -0.25) is 9.59 Å². The fourth-order valence-corrected chi connectivity index (χ4v) is 3.26. The molecule has 0 saturated heterocycles. The van der Waals surface area contributed by atoms with Crippen LogP contribution in [0.4, 0.5) is 11.4 Å². The van der Waals surface area contributed by atoms with Crippen molar-refractivity contribution in [3.05, 3.63) is 34.3 Å². The van der Waals surface area contributed by atoms with Crippen molar-refractivity contribution in [1.82, 2.24) is 0 Å². The fourth-order valence-electron chi connectivity index (χ4n) is 2.76. The molecule has 2 rings (SSSR count). The van der Waals surface area contributed by atoms with E-state index in [9.17, 15) is 9.59 Å². The lowest BCUT2D eigenvalue weighted by Crippen LogP contribution is -2.32. The zero-order chi connectivity index (χ0) is 24.5. The molecule has 33 heavy (non-hydrogen) atoms. The summed E-state index contributed by atoms with van der Waals surface area (Å²) >= 11 is 12.4. The van der Waals surface area contributed by atoms with Crippen LogP contribution in [0.25, 0.3) is 0 Å². The van der Waals surface area contributed by atoms with E-state index in [2.05, 4.69) is 15.5 Å². The minimum Gasteiger partial charge on any atom is -0.495 e. The summed E-state index contributed by atoms with van der Waals surface area (Å²) in [5, 5.41) is 11.1. The van der Waals surface area contributed by atoms with E-state index in [1.54, 1.807) is 19.1 Å². The number of azo groups is 1. The summed E-state index contributed by atoms with van der Waals surface area (Å²) in [6.45, 7) is 5.57. The minimum absolute atomic E-state index is 0.219. The molecule has 2 aromatic rings. The Balaban J connectivity index is 2.38. The molecule has 0 heterocycles. The highest BCUT2D eigenvalue weighted by atomic mass is 35.5. The molecule has 2 aromatic carbocycles. The Kier molecular flexibility index (Phi) is 9.74. The van der Waals surface area contributed by atoms with Crippen molar-refractivity contribution >= 4 is 46.3 Å². The Morgan fingerprint density at radius 3 is 2.21 bits per heavy atom. The number of carbonyl (C=O) groups excluding carboxylic acids is 2. The van der Waals surface area contributed by atoms with Gasteiger partial charge in [0.05, 0.1) is 43.2 Å². The first kappa shape index (κ1) is 26.2. The molecule has 1 amide bonds. The first-order valence-electron chi connectivity index (χ1n) is 9.98. The van der Waals surface area contributed by atoms with Crippen molar-refractivity contribution in [1.29, 1.82) is 0 Å². The number of ether oxygens (including phenoxy) is 4. The molecule has 0 aliphatic rings. The second-order valence-electron chi connectivity index (χ2n) is 6.52. The van der Waals surface area contributed by atoms with Gasteiger partial charge in [0, 0.05) is 18.2 Å². The normalized spacial score (nSPS) is 11.7. The van der Waals surface area contributed by atoms with Crippen molar-refractivity contribution in [2.24, 2.45) is 10.2 Å². The van der Waals surface area contributed by atoms with Gasteiger partial charge in [-0.2, -0.15) is 10.2 Å². The quantitative estimate of drug-likeness (QED) is 0.324. The summed E-state index contributed by atoms with van der Waals surface area (Å²) in [6.07, 6.45) is 0. The number of Topliss-reactive ketones (excluding diaryl/α,β-unsaturated/α-hetero) is 1. The highest BCUT2D eigenvalue weighted by Crippen LogP contribution is 2.40. The van der Waals surface area contributed by atoms with Crippen molar-refractivity contribution in [3.8, 4) is 23.0 Å². The molecular formula is C22H25Cl2N3O6. The summed E-state index contributed by atoms with van der Waals surface area (Å²) in [5.41, 5.74) is 0.461. The molecule has 0 aromatic heterocycles. The Bertz CT molecular complexity index is 1050. The van der Waals surface area contributed by atoms with E-state index < -0.39 is 17.7 Å². The van der Waals surface area contributed by atoms with Gasteiger partial charge in [0.1, 0.15) is 22.9 Å². The van der Waals surface area contributed by atoms with Crippen molar-refractivity contribution < 1.29 is 28.5 Å². The van der Waals surface area contributed by atoms with Gasteiger partial charge in [0.25, 0.3) is 5.91 Å². The third kappa shape index (κ3) is 6.72. The molecule has 178 valence electrons. The van der Waals surface area contributed by atoms with Crippen LogP contribution in [-0.4, -0.2) is 45.2 Å². The molecule has 0 fully saturated rings. The molecule has 0 aliphatic carbocycles. The van der Waals surface area contributed by atoms with Crippen LogP contribution in [0.15, 0.2) is 34.5 Å². The third-order valence-corrected chi connectivity index (χ3v) is 4.82. The molecular weight excluding hydrogens is 473 g/mol. The van der Waals surface area contributed by atoms with Crippen LogP contribution in [0.2, 0.25) is 10.0 Å². The lowest BCUT2D eigenvalue weighted by Gasteiger charge is -2.15. The second-order valence-corrected chi connectivity index (χ2v) is 7.34. The Morgan fingerprint density at radius 2 is 1.64 bits per heavy atom. The van der Waals surface area contributed by atoms with Gasteiger partial charge < -0.3 is 24.3 Å². The van der Waals surface area contributed by atoms with E-state index in [0.717, 1.165) is 0 Å². The predicted octanol–water partition coefficient (Wildman–Crippen LogP) is 5.49. The first-order valence-corrected chi connectivity index (χ1v) is 10.7. The smallest absolute Gasteiger partial charge is 0.258 e. The molecule has 0 radical (unpaired) electrons. The summed E-state index contributed by atoms with van der Waals surface area (Å²) in [6, 6.07) is 4.66. The summed E-state index contributed by atoms with van der Waals surface area (Å²) in [5.74, 6) is 0.108. The second kappa shape index (κ2) is 12.3. The summed E-state index contributed by atoms with van der Waals surface area (Å²) < 4.78 is 21.4. The van der Waals surface area contributed by atoms with Gasteiger partial charge in [0.2, 0.25) is 6.04 Å². The topological polar surface area (TPSA) is 108 Å². The van der Waals surface area contributed by atoms with Crippen molar-refractivity contribution in [3.63, 3.8) is 0 Å². The highest BCUT2D eigenvalue weighted by Gasteiger charge is 2.25. The summed E-state index contributed by atoms with van der Waals surface area (Å²) in [7, 11) is 2.87. The SMILES string of the molecule is CCOc1cc(Cl)c(OCC)c(N=NC(C(C)=O)C(=O)Nc2cc(Cl)c(OC)cc2OC)c1. The maximum absolute atomic E-state index is 12.9. The van der Waals surface area contributed by atoms with Crippen LogP contribution < -0.4 is 24.3 Å². The molecule has 0 spiro atoms. The van der Waals surface area contributed by atoms with Gasteiger partial charge in [-0.15, -0.1) is 0 Å². The fraction of sp³-hybridized carbons (Fsp3) is 0.364. The molecule has 0 aliphatic heterocycles. The van der Waals surface area contributed by atoms with Crippen LogP contribution in [0.3, 0.4) is 0 Å². The van der Waals surface area contributed by atoms with E-state index in [4.69, 9.17) is 42.1 Å². The predicted molar refractivity (Wildman–Crippen MR) is 126 cm³/mol. The number of nitrogens with one attached hydrogen (secondary N) is 1. The van der Waals surface area contributed by atoms with Gasteiger partial charge in [0.15, 0.2) is 11.5 Å². The Morgan fingerprint density at radius 1 is 0.970 bits per heavy atom.